The summed E-state index contributed by atoms with van der Waals surface area (Å²) in [5.74, 6) is 1.25. The van der Waals surface area contributed by atoms with Crippen molar-refractivity contribution in [1.29, 1.82) is 0 Å². The first-order valence-corrected chi connectivity index (χ1v) is 7.48. The Morgan fingerprint density at radius 2 is 2.06 bits per heavy atom. The highest BCUT2D eigenvalue weighted by molar-refractivity contribution is 8.00. The second-order valence-electron chi connectivity index (χ2n) is 6.04. The molecule has 0 amide bonds. The van der Waals surface area contributed by atoms with Crippen LogP contribution >= 0.6 is 11.8 Å². The van der Waals surface area contributed by atoms with Crippen molar-refractivity contribution < 1.29 is 0 Å². The van der Waals surface area contributed by atoms with Gasteiger partial charge >= 0.3 is 0 Å². The van der Waals surface area contributed by atoms with Gasteiger partial charge in [0.2, 0.25) is 0 Å². The van der Waals surface area contributed by atoms with Gasteiger partial charge in [-0.3, -0.25) is 0 Å². The van der Waals surface area contributed by atoms with Gasteiger partial charge in [0.05, 0.1) is 0 Å². The van der Waals surface area contributed by atoms with E-state index < -0.39 is 0 Å². The molecule has 0 bridgehead atoms. The smallest absolute Gasteiger partial charge is 0.0254 e. The molecule has 1 unspecified atom stereocenters. The summed E-state index contributed by atoms with van der Waals surface area (Å²) in [6, 6.07) is 0. The Balaban J connectivity index is 2.43. The second kappa shape index (κ2) is 5.74. The van der Waals surface area contributed by atoms with Crippen LogP contribution in [-0.2, 0) is 0 Å². The first-order chi connectivity index (χ1) is 7.35. The molecule has 0 aromatic carbocycles. The van der Waals surface area contributed by atoms with Crippen molar-refractivity contribution >= 4 is 11.8 Å². The standard InChI is InChI=1S/C13H28N2S/c1-5-6-13(4,14)11-15-8-7-12(2,3)16-10-9-15/h5-11,14H2,1-4H3. The lowest BCUT2D eigenvalue weighted by Gasteiger charge is -2.32. The quantitative estimate of drug-likeness (QED) is 0.824. The highest BCUT2D eigenvalue weighted by atomic mass is 32.2. The Kier molecular flexibility index (Phi) is 5.14. The van der Waals surface area contributed by atoms with E-state index in [0.717, 1.165) is 13.0 Å². The fraction of sp³-hybridized carbons (Fsp3) is 1.00. The monoisotopic (exact) mass is 244 g/mol. The van der Waals surface area contributed by atoms with Crippen molar-refractivity contribution in [2.24, 2.45) is 5.73 Å². The number of thioether (sulfide) groups is 1. The van der Waals surface area contributed by atoms with Gasteiger partial charge in [0.1, 0.15) is 0 Å². The van der Waals surface area contributed by atoms with Crippen LogP contribution in [0.4, 0.5) is 0 Å². The van der Waals surface area contributed by atoms with E-state index in [9.17, 15) is 0 Å². The first kappa shape index (κ1) is 14.3. The summed E-state index contributed by atoms with van der Waals surface area (Å²) in [5, 5.41) is 0. The fourth-order valence-electron chi connectivity index (χ4n) is 2.38. The molecule has 0 aromatic rings. The van der Waals surface area contributed by atoms with Gasteiger partial charge in [-0.1, -0.05) is 27.2 Å². The van der Waals surface area contributed by atoms with E-state index in [1.165, 1.54) is 31.7 Å². The maximum Gasteiger partial charge on any atom is 0.0254 e. The molecule has 0 spiro atoms. The van der Waals surface area contributed by atoms with Gasteiger partial charge in [0.25, 0.3) is 0 Å². The van der Waals surface area contributed by atoms with Crippen molar-refractivity contribution in [3.8, 4) is 0 Å². The van der Waals surface area contributed by atoms with Gasteiger partial charge in [-0.05, 0) is 26.3 Å². The van der Waals surface area contributed by atoms with Crippen LogP contribution in [0.3, 0.4) is 0 Å². The molecule has 1 aliphatic heterocycles. The van der Waals surface area contributed by atoms with Crippen LogP contribution in [0.2, 0.25) is 0 Å². The third kappa shape index (κ3) is 5.07. The zero-order valence-corrected chi connectivity index (χ0v) is 12.2. The summed E-state index contributed by atoms with van der Waals surface area (Å²) < 4.78 is 0.449. The summed E-state index contributed by atoms with van der Waals surface area (Å²) in [6.07, 6.45) is 3.58. The fourth-order valence-corrected chi connectivity index (χ4v) is 3.52. The molecule has 1 fully saturated rings. The van der Waals surface area contributed by atoms with E-state index in [2.05, 4.69) is 44.4 Å². The number of nitrogens with two attached hydrogens (primary N) is 1. The topological polar surface area (TPSA) is 29.3 Å². The largest absolute Gasteiger partial charge is 0.324 e. The average Bonchev–Trinajstić information content (AvgIpc) is 2.27. The predicted molar refractivity (Wildman–Crippen MR) is 75.1 cm³/mol. The number of hydrogen-bond acceptors (Lipinski definition) is 3. The van der Waals surface area contributed by atoms with E-state index >= 15 is 0 Å². The maximum absolute atomic E-state index is 6.33. The molecular formula is C13H28N2S. The molecule has 0 saturated carbocycles. The Morgan fingerprint density at radius 3 is 2.69 bits per heavy atom. The van der Waals surface area contributed by atoms with Gasteiger partial charge < -0.3 is 10.6 Å². The molecule has 96 valence electrons. The SMILES string of the molecule is CCCC(C)(N)CN1CCSC(C)(C)CC1. The van der Waals surface area contributed by atoms with Crippen molar-refractivity contribution in [1.82, 2.24) is 4.90 Å². The second-order valence-corrected chi connectivity index (χ2v) is 7.84. The van der Waals surface area contributed by atoms with Gasteiger partial charge in [-0.25, -0.2) is 0 Å². The highest BCUT2D eigenvalue weighted by Gasteiger charge is 2.27. The van der Waals surface area contributed by atoms with E-state index in [1.54, 1.807) is 0 Å². The molecule has 1 rings (SSSR count). The molecule has 0 aromatic heterocycles. The van der Waals surface area contributed by atoms with Crippen molar-refractivity contribution in [3.05, 3.63) is 0 Å². The van der Waals surface area contributed by atoms with Gasteiger partial charge in [0.15, 0.2) is 0 Å². The Labute approximate surface area is 105 Å². The molecular weight excluding hydrogens is 216 g/mol. The molecule has 1 atom stereocenters. The summed E-state index contributed by atoms with van der Waals surface area (Å²) in [7, 11) is 0. The summed E-state index contributed by atoms with van der Waals surface area (Å²) >= 11 is 2.10. The molecule has 2 nitrogen and oxygen atoms in total. The highest BCUT2D eigenvalue weighted by Crippen LogP contribution is 2.31. The van der Waals surface area contributed by atoms with Crippen molar-refractivity contribution in [3.63, 3.8) is 0 Å². The Hall–Kier alpha value is 0.270. The zero-order valence-electron chi connectivity index (χ0n) is 11.4. The molecule has 1 heterocycles. The van der Waals surface area contributed by atoms with E-state index in [4.69, 9.17) is 5.73 Å². The minimum Gasteiger partial charge on any atom is -0.324 e. The molecule has 1 aliphatic rings. The Morgan fingerprint density at radius 1 is 1.38 bits per heavy atom. The Bertz CT molecular complexity index is 214. The van der Waals surface area contributed by atoms with Gasteiger partial charge in [0, 0.05) is 29.1 Å². The van der Waals surface area contributed by atoms with E-state index in [1.807, 2.05) is 0 Å². The lowest BCUT2D eigenvalue weighted by atomic mass is 9.96. The third-order valence-corrected chi connectivity index (χ3v) is 4.71. The van der Waals surface area contributed by atoms with Crippen LogP contribution in [0.25, 0.3) is 0 Å². The molecule has 0 radical (unpaired) electrons. The normalized spacial score (nSPS) is 26.1. The van der Waals surface area contributed by atoms with Crippen LogP contribution < -0.4 is 5.73 Å². The van der Waals surface area contributed by atoms with Crippen LogP contribution in [0.1, 0.15) is 47.0 Å². The van der Waals surface area contributed by atoms with Gasteiger partial charge in [-0.2, -0.15) is 11.8 Å². The van der Waals surface area contributed by atoms with Crippen molar-refractivity contribution in [2.45, 2.75) is 57.2 Å². The maximum atomic E-state index is 6.33. The predicted octanol–water partition coefficient (Wildman–Crippen LogP) is 2.72. The molecule has 2 N–H and O–H groups in total. The van der Waals surface area contributed by atoms with Crippen LogP contribution in [-0.4, -0.2) is 40.6 Å². The minimum atomic E-state index is -0.00605. The first-order valence-electron chi connectivity index (χ1n) is 6.50. The lowest BCUT2D eigenvalue weighted by Crippen LogP contribution is -2.48. The zero-order chi connectivity index (χ0) is 12.2. The molecule has 1 saturated heterocycles. The summed E-state index contributed by atoms with van der Waals surface area (Å²) in [4.78, 5) is 2.55. The molecule has 0 aliphatic carbocycles. The van der Waals surface area contributed by atoms with E-state index in [-0.39, 0.29) is 5.54 Å². The molecule has 3 heteroatoms. The average molecular weight is 244 g/mol. The van der Waals surface area contributed by atoms with Crippen LogP contribution in [0.15, 0.2) is 0 Å². The van der Waals surface area contributed by atoms with E-state index in [0.29, 0.717) is 4.75 Å². The minimum absolute atomic E-state index is 0.00605. The van der Waals surface area contributed by atoms with Crippen LogP contribution in [0.5, 0.6) is 0 Å². The number of rotatable bonds is 4. The number of hydrogen-bond donors (Lipinski definition) is 1. The third-order valence-electron chi connectivity index (χ3n) is 3.34. The summed E-state index contributed by atoms with van der Waals surface area (Å²) in [5.41, 5.74) is 6.32. The molecule has 16 heavy (non-hydrogen) atoms. The summed E-state index contributed by atoms with van der Waals surface area (Å²) in [6.45, 7) is 12.6. The van der Waals surface area contributed by atoms with Gasteiger partial charge in [-0.15, -0.1) is 0 Å². The van der Waals surface area contributed by atoms with Crippen LogP contribution in [0, 0.1) is 0 Å². The number of nitrogens with zero attached hydrogens (tertiary/aromatic N) is 1. The van der Waals surface area contributed by atoms with Crippen molar-refractivity contribution in [2.75, 3.05) is 25.4 Å². The lowest BCUT2D eigenvalue weighted by molar-refractivity contribution is 0.216.